The van der Waals surface area contributed by atoms with Crippen molar-refractivity contribution in [2.24, 2.45) is 0 Å². The van der Waals surface area contributed by atoms with E-state index >= 15 is 0 Å². The zero-order chi connectivity index (χ0) is 13.5. The molecule has 2 nitrogen and oxygen atoms in total. The van der Waals surface area contributed by atoms with Crippen molar-refractivity contribution < 1.29 is 9.13 Å². The average molecular weight is 259 g/mol. The smallest absolute Gasteiger partial charge is 0.212 e. The first-order valence-corrected chi connectivity index (χ1v) is 6.64. The van der Waals surface area contributed by atoms with Crippen LogP contribution in [0.5, 0.6) is 5.75 Å². The molecule has 0 saturated heterocycles. The first kappa shape index (κ1) is 13.5. The molecule has 0 aliphatic rings. The van der Waals surface area contributed by atoms with E-state index in [2.05, 4.69) is 11.9 Å². The van der Waals surface area contributed by atoms with Crippen LogP contribution >= 0.6 is 0 Å². The molecule has 0 aliphatic carbocycles. The third-order valence-corrected chi connectivity index (χ3v) is 2.93. The molecule has 1 aromatic heterocycles. The summed E-state index contributed by atoms with van der Waals surface area (Å²) in [5.74, 6) is 0.412. The van der Waals surface area contributed by atoms with Crippen LogP contribution in [0.1, 0.15) is 26.2 Å². The van der Waals surface area contributed by atoms with Gasteiger partial charge in [0.15, 0.2) is 0 Å². The summed E-state index contributed by atoms with van der Waals surface area (Å²) >= 11 is 0. The molecule has 1 aromatic carbocycles. The Morgan fingerprint density at radius 2 is 1.74 bits per heavy atom. The van der Waals surface area contributed by atoms with Gasteiger partial charge in [-0.05, 0) is 36.2 Å². The number of pyridine rings is 1. The Labute approximate surface area is 113 Å². The minimum Gasteiger partial charge on any atom is -0.494 e. The lowest BCUT2D eigenvalue weighted by atomic mass is 10.1. The van der Waals surface area contributed by atoms with Gasteiger partial charge >= 0.3 is 0 Å². The van der Waals surface area contributed by atoms with Crippen molar-refractivity contribution in [1.82, 2.24) is 4.98 Å². The van der Waals surface area contributed by atoms with Crippen LogP contribution < -0.4 is 4.74 Å². The number of ether oxygens (including phenoxy) is 1. The standard InChI is InChI=1S/C16H18FNO/c1-2-3-4-11-19-15-8-5-13(6-9-15)14-7-10-16(17)18-12-14/h5-10,12H,2-4,11H2,1H3. The van der Waals surface area contributed by atoms with E-state index < -0.39 is 5.95 Å². The van der Waals surface area contributed by atoms with E-state index in [0.29, 0.717) is 0 Å². The van der Waals surface area contributed by atoms with Gasteiger partial charge in [-0.15, -0.1) is 0 Å². The molecule has 0 amide bonds. The molecular formula is C16H18FNO. The van der Waals surface area contributed by atoms with Gasteiger partial charge < -0.3 is 4.74 Å². The van der Waals surface area contributed by atoms with Gasteiger partial charge in [0, 0.05) is 11.8 Å². The van der Waals surface area contributed by atoms with E-state index in [1.54, 1.807) is 6.07 Å². The minimum atomic E-state index is -0.459. The molecule has 0 unspecified atom stereocenters. The van der Waals surface area contributed by atoms with Crippen LogP contribution in [-0.2, 0) is 0 Å². The number of hydrogen-bond donors (Lipinski definition) is 0. The van der Waals surface area contributed by atoms with E-state index in [-0.39, 0.29) is 0 Å². The van der Waals surface area contributed by atoms with Gasteiger partial charge in [-0.1, -0.05) is 31.9 Å². The lowest BCUT2D eigenvalue weighted by molar-refractivity contribution is 0.306. The van der Waals surface area contributed by atoms with Crippen LogP contribution in [0, 0.1) is 5.95 Å². The molecule has 3 heteroatoms. The van der Waals surface area contributed by atoms with Crippen LogP contribution in [0.25, 0.3) is 11.1 Å². The van der Waals surface area contributed by atoms with E-state index in [1.807, 2.05) is 24.3 Å². The lowest BCUT2D eigenvalue weighted by Gasteiger charge is -2.07. The third-order valence-electron chi connectivity index (χ3n) is 2.93. The molecule has 0 spiro atoms. The van der Waals surface area contributed by atoms with Crippen molar-refractivity contribution in [2.45, 2.75) is 26.2 Å². The van der Waals surface area contributed by atoms with Crippen molar-refractivity contribution in [1.29, 1.82) is 0 Å². The number of unbranched alkanes of at least 4 members (excludes halogenated alkanes) is 2. The highest BCUT2D eigenvalue weighted by molar-refractivity contribution is 5.62. The Kier molecular flexibility index (Phi) is 4.90. The summed E-state index contributed by atoms with van der Waals surface area (Å²) in [4.78, 5) is 3.65. The molecule has 1 heterocycles. The summed E-state index contributed by atoms with van der Waals surface area (Å²) in [5, 5.41) is 0. The maximum absolute atomic E-state index is 12.7. The number of aromatic nitrogens is 1. The maximum atomic E-state index is 12.7. The Bertz CT molecular complexity index is 493. The van der Waals surface area contributed by atoms with Crippen LogP contribution in [0.4, 0.5) is 4.39 Å². The van der Waals surface area contributed by atoms with Crippen molar-refractivity contribution in [3.8, 4) is 16.9 Å². The van der Waals surface area contributed by atoms with Gasteiger partial charge in [-0.3, -0.25) is 0 Å². The highest BCUT2D eigenvalue weighted by Crippen LogP contribution is 2.21. The number of nitrogens with zero attached hydrogens (tertiary/aromatic N) is 1. The predicted octanol–water partition coefficient (Wildman–Crippen LogP) is 4.46. The summed E-state index contributed by atoms with van der Waals surface area (Å²) in [6, 6.07) is 10.9. The van der Waals surface area contributed by atoms with Gasteiger partial charge in [0.2, 0.25) is 5.95 Å². The molecule has 0 fully saturated rings. The van der Waals surface area contributed by atoms with Gasteiger partial charge in [-0.2, -0.15) is 4.39 Å². The van der Waals surface area contributed by atoms with E-state index in [4.69, 9.17) is 4.74 Å². The molecular weight excluding hydrogens is 241 g/mol. The second-order valence-electron chi connectivity index (χ2n) is 4.45. The molecule has 19 heavy (non-hydrogen) atoms. The average Bonchev–Trinajstić information content (AvgIpc) is 2.45. The van der Waals surface area contributed by atoms with E-state index in [9.17, 15) is 4.39 Å². The fourth-order valence-electron chi connectivity index (χ4n) is 1.83. The fourth-order valence-corrected chi connectivity index (χ4v) is 1.83. The molecule has 0 aliphatic heterocycles. The van der Waals surface area contributed by atoms with E-state index in [0.717, 1.165) is 29.9 Å². The zero-order valence-corrected chi connectivity index (χ0v) is 11.1. The summed E-state index contributed by atoms with van der Waals surface area (Å²) in [5.41, 5.74) is 1.91. The van der Waals surface area contributed by atoms with Gasteiger partial charge in [0.1, 0.15) is 5.75 Å². The Morgan fingerprint density at radius 1 is 1.00 bits per heavy atom. The largest absolute Gasteiger partial charge is 0.494 e. The molecule has 2 aromatic rings. The monoisotopic (exact) mass is 259 g/mol. The SMILES string of the molecule is CCCCCOc1ccc(-c2ccc(F)nc2)cc1. The second-order valence-corrected chi connectivity index (χ2v) is 4.45. The number of hydrogen-bond acceptors (Lipinski definition) is 2. The van der Waals surface area contributed by atoms with Gasteiger partial charge in [0.25, 0.3) is 0 Å². The Hall–Kier alpha value is -1.90. The quantitative estimate of drug-likeness (QED) is 0.564. The topological polar surface area (TPSA) is 22.1 Å². The highest BCUT2D eigenvalue weighted by atomic mass is 19.1. The third kappa shape index (κ3) is 4.05. The molecule has 0 bridgehead atoms. The predicted molar refractivity (Wildman–Crippen MR) is 74.7 cm³/mol. The molecule has 0 N–H and O–H groups in total. The maximum Gasteiger partial charge on any atom is 0.212 e. The van der Waals surface area contributed by atoms with E-state index in [1.165, 1.54) is 25.1 Å². The van der Waals surface area contributed by atoms with Crippen LogP contribution in [-0.4, -0.2) is 11.6 Å². The molecule has 0 saturated carbocycles. The molecule has 100 valence electrons. The summed E-state index contributed by atoms with van der Waals surface area (Å²) in [6.07, 6.45) is 5.01. The highest BCUT2D eigenvalue weighted by Gasteiger charge is 2.00. The first-order chi connectivity index (χ1) is 9.29. The van der Waals surface area contributed by atoms with Gasteiger partial charge in [0.05, 0.1) is 6.61 Å². The van der Waals surface area contributed by atoms with Crippen LogP contribution in [0.3, 0.4) is 0 Å². The fraction of sp³-hybridized carbons (Fsp3) is 0.312. The summed E-state index contributed by atoms with van der Waals surface area (Å²) in [6.45, 7) is 2.93. The Balaban J connectivity index is 1.96. The van der Waals surface area contributed by atoms with Crippen LogP contribution in [0.2, 0.25) is 0 Å². The van der Waals surface area contributed by atoms with Gasteiger partial charge in [-0.25, -0.2) is 4.98 Å². The van der Waals surface area contributed by atoms with Crippen molar-refractivity contribution in [2.75, 3.05) is 6.61 Å². The lowest BCUT2D eigenvalue weighted by Crippen LogP contribution is -1.96. The first-order valence-electron chi connectivity index (χ1n) is 6.64. The summed E-state index contributed by atoms with van der Waals surface area (Å²) < 4.78 is 18.4. The number of benzene rings is 1. The molecule has 0 atom stereocenters. The number of rotatable bonds is 6. The van der Waals surface area contributed by atoms with Crippen molar-refractivity contribution in [3.63, 3.8) is 0 Å². The zero-order valence-electron chi connectivity index (χ0n) is 11.1. The number of halogens is 1. The van der Waals surface area contributed by atoms with Crippen molar-refractivity contribution in [3.05, 3.63) is 48.5 Å². The Morgan fingerprint density at radius 3 is 2.37 bits per heavy atom. The van der Waals surface area contributed by atoms with Crippen molar-refractivity contribution >= 4 is 0 Å². The summed E-state index contributed by atoms with van der Waals surface area (Å²) in [7, 11) is 0. The van der Waals surface area contributed by atoms with Crippen LogP contribution in [0.15, 0.2) is 42.6 Å². The minimum absolute atomic E-state index is 0.459. The second kappa shape index (κ2) is 6.88. The normalized spacial score (nSPS) is 10.4. The molecule has 0 radical (unpaired) electrons. The molecule has 2 rings (SSSR count).